The molecular weight excluding hydrogens is 345 g/mol. The molecule has 0 spiro atoms. The van der Waals surface area contributed by atoms with Gasteiger partial charge in [0.05, 0.1) is 11.7 Å². The Kier molecular flexibility index (Phi) is 5.22. The number of benzene rings is 1. The third kappa shape index (κ3) is 3.70. The van der Waals surface area contributed by atoms with Crippen LogP contribution in [0.1, 0.15) is 36.2 Å². The first kappa shape index (κ1) is 18.3. The third-order valence-corrected chi connectivity index (χ3v) is 4.65. The van der Waals surface area contributed by atoms with Crippen LogP contribution in [-0.2, 0) is 17.6 Å². The fourth-order valence-electron chi connectivity index (χ4n) is 3.27. The van der Waals surface area contributed by atoms with Crippen molar-refractivity contribution < 1.29 is 18.0 Å². The summed E-state index contributed by atoms with van der Waals surface area (Å²) in [4.78, 5) is 14.3. The molecule has 2 N–H and O–H groups in total. The summed E-state index contributed by atoms with van der Waals surface area (Å²) in [7, 11) is 0. The number of carbonyl (C=O) groups is 1. The van der Waals surface area contributed by atoms with E-state index in [9.17, 15) is 18.0 Å². The van der Waals surface area contributed by atoms with E-state index in [1.807, 2.05) is 13.0 Å². The summed E-state index contributed by atoms with van der Waals surface area (Å²) >= 11 is 0. The average molecular weight is 364 g/mol. The predicted molar refractivity (Wildman–Crippen MR) is 88.5 cm³/mol. The first-order valence-electron chi connectivity index (χ1n) is 8.35. The van der Waals surface area contributed by atoms with E-state index >= 15 is 0 Å². The van der Waals surface area contributed by atoms with Crippen LogP contribution in [0.4, 0.5) is 13.2 Å². The number of hydrogen-bond acceptors (Lipinski definition) is 4. The fraction of sp³-hybridized carbons (Fsp3) is 0.389. The summed E-state index contributed by atoms with van der Waals surface area (Å²) in [5.74, 6) is -3.45. The molecule has 138 valence electrons. The van der Waals surface area contributed by atoms with Crippen LogP contribution in [0.25, 0.3) is 0 Å². The SMILES string of the molecule is CC1c2nnccc2CCN1C(=O)C[C@H](N)Cc1cc(F)c(F)cc1F. The Balaban J connectivity index is 1.66. The van der Waals surface area contributed by atoms with Gasteiger partial charge >= 0.3 is 0 Å². The molecule has 0 radical (unpaired) electrons. The molecule has 1 unspecified atom stereocenters. The van der Waals surface area contributed by atoms with Gasteiger partial charge in [-0.05, 0) is 43.0 Å². The predicted octanol–water partition coefficient (Wildman–Crippen LogP) is 2.30. The van der Waals surface area contributed by atoms with Crippen molar-refractivity contribution in [3.8, 4) is 0 Å². The number of rotatable bonds is 4. The first-order chi connectivity index (χ1) is 12.4. The minimum Gasteiger partial charge on any atom is -0.334 e. The molecule has 8 heteroatoms. The topological polar surface area (TPSA) is 72.1 Å². The van der Waals surface area contributed by atoms with Crippen molar-refractivity contribution in [2.75, 3.05) is 6.54 Å². The lowest BCUT2D eigenvalue weighted by atomic mass is 9.97. The van der Waals surface area contributed by atoms with Crippen LogP contribution < -0.4 is 5.73 Å². The molecule has 0 aliphatic carbocycles. The third-order valence-electron chi connectivity index (χ3n) is 4.65. The van der Waals surface area contributed by atoms with E-state index < -0.39 is 23.5 Å². The molecule has 0 bridgehead atoms. The zero-order valence-corrected chi connectivity index (χ0v) is 14.3. The molecule has 1 aliphatic heterocycles. The van der Waals surface area contributed by atoms with Crippen molar-refractivity contribution in [1.29, 1.82) is 0 Å². The largest absolute Gasteiger partial charge is 0.334 e. The quantitative estimate of drug-likeness (QED) is 0.845. The first-order valence-corrected chi connectivity index (χ1v) is 8.35. The number of halogens is 3. The van der Waals surface area contributed by atoms with Gasteiger partial charge in [-0.25, -0.2) is 13.2 Å². The molecule has 0 saturated heterocycles. The van der Waals surface area contributed by atoms with Crippen LogP contribution >= 0.6 is 0 Å². The highest BCUT2D eigenvalue weighted by molar-refractivity contribution is 5.77. The number of nitrogens with zero attached hydrogens (tertiary/aromatic N) is 3. The summed E-state index contributed by atoms with van der Waals surface area (Å²) in [5.41, 5.74) is 7.72. The molecule has 3 rings (SSSR count). The Morgan fingerprint density at radius 2 is 2.04 bits per heavy atom. The molecule has 2 atom stereocenters. The Morgan fingerprint density at radius 3 is 2.81 bits per heavy atom. The average Bonchev–Trinajstić information content (AvgIpc) is 2.60. The van der Waals surface area contributed by atoms with Crippen LogP contribution in [0.15, 0.2) is 24.4 Å². The molecule has 26 heavy (non-hydrogen) atoms. The molecule has 2 aromatic rings. The smallest absolute Gasteiger partial charge is 0.224 e. The van der Waals surface area contributed by atoms with E-state index in [1.165, 1.54) is 0 Å². The number of amides is 1. The van der Waals surface area contributed by atoms with Gasteiger partial charge < -0.3 is 10.6 Å². The number of carbonyl (C=O) groups excluding carboxylic acids is 1. The summed E-state index contributed by atoms with van der Waals surface area (Å²) in [5, 5.41) is 7.97. The zero-order chi connectivity index (χ0) is 18.8. The Hall–Kier alpha value is -2.48. The van der Waals surface area contributed by atoms with Crippen molar-refractivity contribution in [2.24, 2.45) is 5.73 Å². The van der Waals surface area contributed by atoms with Gasteiger partial charge in [-0.15, -0.1) is 0 Å². The van der Waals surface area contributed by atoms with Gasteiger partial charge in [0.2, 0.25) is 5.91 Å². The number of nitrogens with two attached hydrogens (primary N) is 1. The molecule has 1 aromatic carbocycles. The van der Waals surface area contributed by atoms with E-state index in [2.05, 4.69) is 10.2 Å². The molecule has 1 aromatic heterocycles. The van der Waals surface area contributed by atoms with Crippen molar-refractivity contribution in [3.05, 3.63) is 58.7 Å². The van der Waals surface area contributed by atoms with E-state index in [4.69, 9.17) is 5.73 Å². The van der Waals surface area contributed by atoms with Crippen molar-refractivity contribution in [3.63, 3.8) is 0 Å². The van der Waals surface area contributed by atoms with Gasteiger partial charge in [0, 0.05) is 31.3 Å². The zero-order valence-electron chi connectivity index (χ0n) is 14.3. The Bertz CT molecular complexity index is 830. The van der Waals surface area contributed by atoms with Gasteiger partial charge in [0.15, 0.2) is 11.6 Å². The van der Waals surface area contributed by atoms with Crippen molar-refractivity contribution in [1.82, 2.24) is 15.1 Å². The molecule has 0 saturated carbocycles. The molecule has 5 nitrogen and oxygen atoms in total. The fourth-order valence-corrected chi connectivity index (χ4v) is 3.27. The molecule has 1 amide bonds. The van der Waals surface area contributed by atoms with Crippen LogP contribution in [0.3, 0.4) is 0 Å². The standard InChI is InChI=1S/C18H19F3N4O/c1-10-18-11(2-4-23-24-18)3-5-25(10)17(26)8-13(22)6-12-7-15(20)16(21)9-14(12)19/h2,4,7,9-10,13H,3,5-6,8,22H2,1H3/t10?,13-/m1/s1. The van der Waals surface area contributed by atoms with E-state index in [-0.39, 0.29) is 30.4 Å². The van der Waals surface area contributed by atoms with Crippen LogP contribution in [0.5, 0.6) is 0 Å². The minimum atomic E-state index is -1.25. The lowest BCUT2D eigenvalue weighted by Gasteiger charge is -2.34. The van der Waals surface area contributed by atoms with Gasteiger partial charge in [0.25, 0.3) is 0 Å². The highest BCUT2D eigenvalue weighted by Gasteiger charge is 2.29. The van der Waals surface area contributed by atoms with Crippen molar-refractivity contribution >= 4 is 5.91 Å². The maximum absolute atomic E-state index is 13.7. The number of fused-ring (bicyclic) bond motifs is 1. The van der Waals surface area contributed by atoms with Gasteiger partial charge in [-0.1, -0.05) is 0 Å². The van der Waals surface area contributed by atoms with E-state index in [1.54, 1.807) is 11.1 Å². The second-order valence-electron chi connectivity index (χ2n) is 6.48. The van der Waals surface area contributed by atoms with Gasteiger partial charge in [-0.3, -0.25) is 4.79 Å². The molecule has 0 fully saturated rings. The second-order valence-corrected chi connectivity index (χ2v) is 6.48. The van der Waals surface area contributed by atoms with E-state index in [0.29, 0.717) is 19.0 Å². The van der Waals surface area contributed by atoms with Gasteiger partial charge in [-0.2, -0.15) is 10.2 Å². The monoisotopic (exact) mass is 364 g/mol. The maximum Gasteiger partial charge on any atom is 0.224 e. The van der Waals surface area contributed by atoms with Crippen LogP contribution in [0, 0.1) is 17.5 Å². The molecule has 1 aliphatic rings. The second kappa shape index (κ2) is 7.41. The Labute approximate surface area is 149 Å². The summed E-state index contributed by atoms with van der Waals surface area (Å²) < 4.78 is 40.0. The van der Waals surface area contributed by atoms with E-state index in [0.717, 1.165) is 17.3 Å². The van der Waals surface area contributed by atoms with Crippen molar-refractivity contribution in [2.45, 2.75) is 38.3 Å². The highest BCUT2D eigenvalue weighted by Crippen LogP contribution is 2.27. The minimum absolute atomic E-state index is 0.0294. The van der Waals surface area contributed by atoms with Gasteiger partial charge in [0.1, 0.15) is 5.82 Å². The highest BCUT2D eigenvalue weighted by atomic mass is 19.2. The Morgan fingerprint density at radius 1 is 1.31 bits per heavy atom. The summed E-state index contributed by atoms with van der Waals surface area (Å²) in [6.45, 7) is 2.40. The summed E-state index contributed by atoms with van der Waals surface area (Å²) in [6.07, 6.45) is 2.20. The molecule has 2 heterocycles. The lowest BCUT2D eigenvalue weighted by molar-refractivity contribution is -0.134. The molecular formula is C18H19F3N4O. The number of hydrogen-bond donors (Lipinski definition) is 1. The van der Waals surface area contributed by atoms with Crippen LogP contribution in [-0.4, -0.2) is 33.6 Å². The normalized spacial score (nSPS) is 17.7. The maximum atomic E-state index is 13.7. The van der Waals surface area contributed by atoms with Crippen LogP contribution in [0.2, 0.25) is 0 Å². The summed E-state index contributed by atoms with van der Waals surface area (Å²) in [6, 6.07) is 2.22. The lowest BCUT2D eigenvalue weighted by Crippen LogP contribution is -2.42. The number of aromatic nitrogens is 2.